The van der Waals surface area contributed by atoms with E-state index in [9.17, 15) is 9.59 Å². The lowest BCUT2D eigenvalue weighted by molar-refractivity contribution is -0.132. The number of amides is 3. The number of thiazole rings is 1. The highest BCUT2D eigenvalue weighted by atomic mass is 32.1. The molecule has 3 aromatic rings. The molecule has 1 aliphatic carbocycles. The molecular formula is C20H16N4O2S. The molecule has 2 aliphatic rings. The van der Waals surface area contributed by atoms with Gasteiger partial charge in [-0.1, -0.05) is 30.3 Å². The Bertz CT molecular complexity index is 1050. The van der Waals surface area contributed by atoms with Crippen LogP contribution in [0, 0.1) is 0 Å². The van der Waals surface area contributed by atoms with E-state index < -0.39 is 5.54 Å². The number of aryl methyl sites for hydroxylation is 1. The standard InChI is InChI=1S/C20H16N4O2S/c25-18-20(9-8-13-5-1-2-6-15(13)20)23-19(26)24(18)11-14-12-27-17(22-14)16-7-3-4-10-21-16/h1-7,10,12H,8-9,11H2,(H,23,26). The van der Waals surface area contributed by atoms with Crippen LogP contribution in [0.4, 0.5) is 4.79 Å². The van der Waals surface area contributed by atoms with Gasteiger partial charge in [-0.25, -0.2) is 9.78 Å². The average Bonchev–Trinajstić information content (AvgIpc) is 3.38. The number of rotatable bonds is 3. The van der Waals surface area contributed by atoms with Crippen molar-refractivity contribution in [2.75, 3.05) is 0 Å². The van der Waals surface area contributed by atoms with Crippen molar-refractivity contribution >= 4 is 23.3 Å². The summed E-state index contributed by atoms with van der Waals surface area (Å²) in [5, 5.41) is 5.59. The largest absolute Gasteiger partial charge is 0.325 e. The second-order valence-corrected chi connectivity index (χ2v) is 7.60. The monoisotopic (exact) mass is 376 g/mol. The minimum atomic E-state index is -0.923. The van der Waals surface area contributed by atoms with Crippen LogP contribution in [0.3, 0.4) is 0 Å². The van der Waals surface area contributed by atoms with Crippen LogP contribution in [-0.4, -0.2) is 26.8 Å². The highest BCUT2D eigenvalue weighted by molar-refractivity contribution is 7.13. The Labute approximate surface area is 159 Å². The maximum atomic E-state index is 13.2. The van der Waals surface area contributed by atoms with Crippen molar-refractivity contribution in [2.45, 2.75) is 24.9 Å². The Balaban J connectivity index is 1.42. The minimum Gasteiger partial charge on any atom is -0.319 e. The van der Waals surface area contributed by atoms with Crippen molar-refractivity contribution in [3.8, 4) is 10.7 Å². The molecule has 1 atom stereocenters. The number of urea groups is 1. The lowest BCUT2D eigenvalue weighted by atomic mass is 9.92. The summed E-state index contributed by atoms with van der Waals surface area (Å²) in [6.45, 7) is 0.165. The van der Waals surface area contributed by atoms with E-state index in [0.717, 1.165) is 28.2 Å². The zero-order valence-corrected chi connectivity index (χ0v) is 15.2. The molecule has 0 saturated carbocycles. The topological polar surface area (TPSA) is 75.2 Å². The van der Waals surface area contributed by atoms with Crippen LogP contribution in [0.25, 0.3) is 10.7 Å². The van der Waals surface area contributed by atoms with Crippen LogP contribution in [0.15, 0.2) is 54.0 Å². The highest BCUT2D eigenvalue weighted by Crippen LogP contribution is 2.41. The summed E-state index contributed by atoms with van der Waals surface area (Å²) < 4.78 is 0. The average molecular weight is 376 g/mol. The van der Waals surface area contributed by atoms with Crippen molar-refractivity contribution in [1.29, 1.82) is 0 Å². The molecule has 0 radical (unpaired) electrons. The fraction of sp³-hybridized carbons (Fsp3) is 0.200. The van der Waals surface area contributed by atoms with Crippen LogP contribution in [0.2, 0.25) is 0 Å². The van der Waals surface area contributed by atoms with Gasteiger partial charge in [0.2, 0.25) is 0 Å². The first-order valence-electron chi connectivity index (χ1n) is 8.76. The number of hydrogen-bond donors (Lipinski definition) is 1. The number of nitrogens with one attached hydrogen (secondary N) is 1. The summed E-state index contributed by atoms with van der Waals surface area (Å²) in [4.78, 5) is 35.9. The number of benzene rings is 1. The Morgan fingerprint density at radius 1 is 1.15 bits per heavy atom. The van der Waals surface area contributed by atoms with E-state index in [1.807, 2.05) is 47.8 Å². The first kappa shape index (κ1) is 16.1. The molecular weight excluding hydrogens is 360 g/mol. The number of hydrogen-bond acceptors (Lipinski definition) is 5. The van der Waals surface area contributed by atoms with Gasteiger partial charge >= 0.3 is 6.03 Å². The summed E-state index contributed by atoms with van der Waals surface area (Å²) >= 11 is 1.46. The predicted molar refractivity (Wildman–Crippen MR) is 101 cm³/mol. The lowest BCUT2D eigenvalue weighted by Gasteiger charge is -2.22. The molecule has 1 aliphatic heterocycles. The summed E-state index contributed by atoms with van der Waals surface area (Å²) in [6, 6.07) is 13.1. The molecule has 0 bridgehead atoms. The molecule has 134 valence electrons. The van der Waals surface area contributed by atoms with E-state index in [4.69, 9.17) is 0 Å². The van der Waals surface area contributed by atoms with Gasteiger partial charge in [0.1, 0.15) is 10.5 Å². The normalized spacial score (nSPS) is 21.0. The molecule has 7 heteroatoms. The van der Waals surface area contributed by atoms with Crippen LogP contribution in [0.5, 0.6) is 0 Å². The molecule has 1 spiro atoms. The van der Waals surface area contributed by atoms with Crippen LogP contribution in [-0.2, 0) is 23.3 Å². The van der Waals surface area contributed by atoms with Crippen molar-refractivity contribution in [1.82, 2.24) is 20.2 Å². The third kappa shape index (κ3) is 2.46. The van der Waals surface area contributed by atoms with Crippen LogP contribution < -0.4 is 5.32 Å². The Hall–Kier alpha value is -3.06. The summed E-state index contributed by atoms with van der Waals surface area (Å²) in [5.74, 6) is -0.190. The molecule has 1 aromatic carbocycles. The Kier molecular flexibility index (Phi) is 3.58. The van der Waals surface area contributed by atoms with Crippen LogP contribution >= 0.6 is 11.3 Å². The molecule has 1 unspecified atom stereocenters. The summed E-state index contributed by atoms with van der Waals surface area (Å²) in [7, 11) is 0. The molecule has 1 fully saturated rings. The van der Waals surface area contributed by atoms with Crippen molar-refractivity contribution in [3.05, 3.63) is 70.9 Å². The van der Waals surface area contributed by atoms with Crippen molar-refractivity contribution in [2.24, 2.45) is 0 Å². The quantitative estimate of drug-likeness (QED) is 0.713. The maximum absolute atomic E-state index is 13.2. The second-order valence-electron chi connectivity index (χ2n) is 6.74. The fourth-order valence-corrected chi connectivity index (χ4v) is 4.67. The van der Waals surface area contributed by atoms with Gasteiger partial charge in [0.15, 0.2) is 0 Å². The molecule has 3 amide bonds. The van der Waals surface area contributed by atoms with E-state index in [2.05, 4.69) is 15.3 Å². The fourth-order valence-electron chi connectivity index (χ4n) is 3.88. The van der Waals surface area contributed by atoms with E-state index >= 15 is 0 Å². The van der Waals surface area contributed by atoms with Gasteiger partial charge in [0, 0.05) is 11.6 Å². The van der Waals surface area contributed by atoms with Crippen molar-refractivity contribution < 1.29 is 9.59 Å². The molecule has 1 saturated heterocycles. The van der Waals surface area contributed by atoms with Gasteiger partial charge in [-0.3, -0.25) is 14.7 Å². The summed E-state index contributed by atoms with van der Waals surface area (Å²) in [6.07, 6.45) is 3.11. The lowest BCUT2D eigenvalue weighted by Crippen LogP contribution is -2.41. The Morgan fingerprint density at radius 3 is 2.85 bits per heavy atom. The van der Waals surface area contributed by atoms with E-state index in [-0.39, 0.29) is 18.5 Å². The molecule has 5 rings (SSSR count). The number of aromatic nitrogens is 2. The second kappa shape index (κ2) is 5.99. The number of carbonyl (C=O) groups is 2. The zero-order valence-electron chi connectivity index (χ0n) is 14.4. The van der Waals surface area contributed by atoms with Gasteiger partial charge in [0.25, 0.3) is 5.91 Å². The minimum absolute atomic E-state index is 0.165. The third-order valence-corrected chi connectivity index (χ3v) is 6.09. The number of imide groups is 1. The first-order valence-corrected chi connectivity index (χ1v) is 9.64. The number of pyridine rings is 1. The van der Waals surface area contributed by atoms with Gasteiger partial charge in [-0.2, -0.15) is 0 Å². The third-order valence-electron chi connectivity index (χ3n) is 5.18. The molecule has 1 N–H and O–H groups in total. The van der Waals surface area contributed by atoms with Crippen LogP contribution in [0.1, 0.15) is 23.2 Å². The smallest absolute Gasteiger partial charge is 0.319 e. The van der Waals surface area contributed by atoms with Gasteiger partial charge in [0.05, 0.1) is 17.9 Å². The number of nitrogens with zero attached hydrogens (tertiary/aromatic N) is 3. The zero-order chi connectivity index (χ0) is 18.4. The van der Waals surface area contributed by atoms with Gasteiger partial charge < -0.3 is 5.32 Å². The van der Waals surface area contributed by atoms with Gasteiger partial charge in [-0.15, -0.1) is 11.3 Å². The van der Waals surface area contributed by atoms with E-state index in [1.165, 1.54) is 16.2 Å². The predicted octanol–water partition coefficient (Wildman–Crippen LogP) is 3.10. The summed E-state index contributed by atoms with van der Waals surface area (Å²) in [5.41, 5.74) is 2.59. The first-order chi connectivity index (χ1) is 13.2. The molecule has 2 aromatic heterocycles. The highest BCUT2D eigenvalue weighted by Gasteiger charge is 2.55. The maximum Gasteiger partial charge on any atom is 0.325 e. The van der Waals surface area contributed by atoms with E-state index in [0.29, 0.717) is 12.1 Å². The van der Waals surface area contributed by atoms with Crippen molar-refractivity contribution in [3.63, 3.8) is 0 Å². The molecule has 6 nitrogen and oxygen atoms in total. The Morgan fingerprint density at radius 2 is 2.00 bits per heavy atom. The number of carbonyl (C=O) groups excluding carboxylic acids is 2. The molecule has 3 heterocycles. The van der Waals surface area contributed by atoms with Gasteiger partial charge in [-0.05, 0) is 36.1 Å². The van der Waals surface area contributed by atoms with E-state index in [1.54, 1.807) is 6.20 Å². The number of fused-ring (bicyclic) bond motifs is 2. The molecule has 27 heavy (non-hydrogen) atoms. The SMILES string of the molecule is O=C1NC2(CCc3ccccc32)C(=O)N1Cc1csc(-c2ccccn2)n1.